The summed E-state index contributed by atoms with van der Waals surface area (Å²) in [7, 11) is 6.25. The van der Waals surface area contributed by atoms with Crippen LogP contribution in [0.1, 0.15) is 5.56 Å². The Hall–Kier alpha value is -3.13. The fourth-order valence-electron chi connectivity index (χ4n) is 3.54. The number of rotatable bonds is 9. The minimum absolute atomic E-state index is 0.0175. The molecule has 31 heavy (non-hydrogen) atoms. The van der Waals surface area contributed by atoms with Crippen LogP contribution in [0.5, 0.6) is 28.7 Å². The van der Waals surface area contributed by atoms with Gasteiger partial charge in [-0.3, -0.25) is 4.79 Å². The van der Waals surface area contributed by atoms with Gasteiger partial charge in [0.25, 0.3) is 0 Å². The van der Waals surface area contributed by atoms with Crippen LogP contribution in [-0.4, -0.2) is 71.7 Å². The van der Waals surface area contributed by atoms with Crippen molar-refractivity contribution >= 4 is 5.91 Å². The number of amides is 1. The van der Waals surface area contributed by atoms with Crippen LogP contribution in [0.25, 0.3) is 0 Å². The van der Waals surface area contributed by atoms with Crippen molar-refractivity contribution in [2.75, 3.05) is 54.7 Å². The molecule has 2 aromatic carbocycles. The van der Waals surface area contributed by atoms with Crippen molar-refractivity contribution in [3.05, 3.63) is 42.0 Å². The summed E-state index contributed by atoms with van der Waals surface area (Å²) in [5.41, 5.74) is 0.735. The summed E-state index contributed by atoms with van der Waals surface area (Å²) in [5, 5.41) is 0. The molecule has 0 aliphatic carbocycles. The van der Waals surface area contributed by atoms with Crippen LogP contribution in [0.3, 0.4) is 0 Å². The van der Waals surface area contributed by atoms with Crippen LogP contribution < -0.4 is 23.7 Å². The maximum absolute atomic E-state index is 13.0. The van der Waals surface area contributed by atoms with E-state index in [0.717, 1.165) is 5.56 Å². The molecular formula is C23H29NO7. The van der Waals surface area contributed by atoms with Crippen molar-refractivity contribution in [2.24, 2.45) is 0 Å². The van der Waals surface area contributed by atoms with Gasteiger partial charge in [-0.15, -0.1) is 0 Å². The number of hydrogen-bond donors (Lipinski definition) is 0. The molecule has 1 amide bonds. The lowest BCUT2D eigenvalue weighted by molar-refractivity contribution is -0.139. The first kappa shape index (κ1) is 22.6. The normalized spacial score (nSPS) is 15.9. The van der Waals surface area contributed by atoms with E-state index in [0.29, 0.717) is 55.1 Å². The van der Waals surface area contributed by atoms with Gasteiger partial charge in [0.1, 0.15) is 12.7 Å². The first-order chi connectivity index (χ1) is 15.1. The average Bonchev–Trinajstić information content (AvgIpc) is 2.82. The summed E-state index contributed by atoms with van der Waals surface area (Å²) in [6.07, 6.45) is -0.0428. The number of benzene rings is 2. The SMILES string of the molecule is COc1ccccc1OC[C@H]1CN(C(=O)Cc2ccc(OC)c(OC)c2OC)CCO1. The highest BCUT2D eigenvalue weighted by molar-refractivity contribution is 5.80. The van der Waals surface area contributed by atoms with Crippen molar-refractivity contribution < 1.29 is 33.2 Å². The van der Waals surface area contributed by atoms with E-state index in [9.17, 15) is 4.79 Å². The van der Waals surface area contributed by atoms with Crippen LogP contribution in [0.2, 0.25) is 0 Å². The van der Waals surface area contributed by atoms with Gasteiger partial charge in [-0.25, -0.2) is 0 Å². The Bertz CT molecular complexity index is 886. The van der Waals surface area contributed by atoms with Gasteiger partial charge in [0.05, 0.1) is 48.0 Å². The van der Waals surface area contributed by atoms with Crippen LogP contribution >= 0.6 is 0 Å². The summed E-state index contributed by atoms with van der Waals surface area (Å²) in [5.74, 6) is 2.81. The molecule has 0 radical (unpaired) electrons. The Morgan fingerprint density at radius 3 is 2.32 bits per heavy atom. The van der Waals surface area contributed by atoms with Crippen LogP contribution in [0, 0.1) is 0 Å². The van der Waals surface area contributed by atoms with Gasteiger partial charge in [0, 0.05) is 12.1 Å². The Balaban J connectivity index is 1.63. The van der Waals surface area contributed by atoms with Gasteiger partial charge in [-0.05, 0) is 18.2 Å². The van der Waals surface area contributed by atoms with E-state index >= 15 is 0 Å². The third-order valence-electron chi connectivity index (χ3n) is 5.11. The lowest BCUT2D eigenvalue weighted by Crippen LogP contribution is -2.48. The van der Waals surface area contributed by atoms with Crippen molar-refractivity contribution in [3.63, 3.8) is 0 Å². The van der Waals surface area contributed by atoms with E-state index in [-0.39, 0.29) is 18.4 Å². The predicted molar refractivity (Wildman–Crippen MR) is 115 cm³/mol. The smallest absolute Gasteiger partial charge is 0.227 e. The van der Waals surface area contributed by atoms with Gasteiger partial charge >= 0.3 is 0 Å². The number of morpholine rings is 1. The predicted octanol–water partition coefficient (Wildman–Crippen LogP) is 2.57. The number of ether oxygens (including phenoxy) is 6. The fraction of sp³-hybridized carbons (Fsp3) is 0.435. The third-order valence-corrected chi connectivity index (χ3v) is 5.11. The highest BCUT2D eigenvalue weighted by Crippen LogP contribution is 2.40. The molecule has 0 aromatic heterocycles. The molecule has 0 spiro atoms. The molecular weight excluding hydrogens is 402 g/mol. The van der Waals surface area contributed by atoms with E-state index < -0.39 is 0 Å². The Morgan fingerprint density at radius 1 is 0.935 bits per heavy atom. The van der Waals surface area contributed by atoms with Crippen molar-refractivity contribution in [1.82, 2.24) is 4.90 Å². The van der Waals surface area contributed by atoms with Gasteiger partial charge in [-0.2, -0.15) is 0 Å². The molecule has 8 nitrogen and oxygen atoms in total. The number of methoxy groups -OCH3 is 4. The van der Waals surface area contributed by atoms with Gasteiger partial charge in [-0.1, -0.05) is 18.2 Å². The maximum atomic E-state index is 13.0. The molecule has 1 heterocycles. The zero-order valence-electron chi connectivity index (χ0n) is 18.4. The monoisotopic (exact) mass is 431 g/mol. The number of carbonyl (C=O) groups is 1. The number of carbonyl (C=O) groups excluding carboxylic acids is 1. The van der Waals surface area contributed by atoms with Gasteiger partial charge < -0.3 is 33.3 Å². The summed E-state index contributed by atoms with van der Waals surface area (Å²) in [4.78, 5) is 14.8. The molecule has 1 aliphatic heterocycles. The summed E-state index contributed by atoms with van der Waals surface area (Å²) < 4.78 is 33.2. The molecule has 8 heteroatoms. The van der Waals surface area contributed by atoms with E-state index in [2.05, 4.69) is 0 Å². The van der Waals surface area contributed by atoms with E-state index in [1.54, 1.807) is 39.4 Å². The standard InChI is InChI=1S/C23H29NO7/c1-26-18-7-5-6-8-19(18)31-15-17-14-24(11-12-30-17)21(25)13-16-9-10-20(27-2)23(29-4)22(16)28-3/h5-10,17H,11-15H2,1-4H3/t17-/m1/s1. The van der Waals surface area contributed by atoms with E-state index in [1.807, 2.05) is 30.3 Å². The summed E-state index contributed by atoms with van der Waals surface area (Å²) in [6, 6.07) is 11.0. The van der Waals surface area contributed by atoms with Crippen molar-refractivity contribution in [3.8, 4) is 28.7 Å². The first-order valence-corrected chi connectivity index (χ1v) is 10.0. The van der Waals surface area contributed by atoms with Crippen molar-refractivity contribution in [1.29, 1.82) is 0 Å². The molecule has 0 bridgehead atoms. The Labute approximate surface area is 182 Å². The highest BCUT2D eigenvalue weighted by Gasteiger charge is 2.27. The topological polar surface area (TPSA) is 75.7 Å². The van der Waals surface area contributed by atoms with Crippen LogP contribution in [0.15, 0.2) is 36.4 Å². The molecule has 1 atom stereocenters. The second-order valence-electron chi connectivity index (χ2n) is 6.96. The zero-order valence-corrected chi connectivity index (χ0v) is 18.4. The molecule has 168 valence electrons. The lowest BCUT2D eigenvalue weighted by Gasteiger charge is -2.33. The van der Waals surface area contributed by atoms with Crippen LogP contribution in [0.4, 0.5) is 0 Å². The fourth-order valence-corrected chi connectivity index (χ4v) is 3.54. The van der Waals surface area contributed by atoms with Crippen LogP contribution in [-0.2, 0) is 16.0 Å². The molecule has 0 saturated carbocycles. The maximum Gasteiger partial charge on any atom is 0.227 e. The largest absolute Gasteiger partial charge is 0.493 e. The molecule has 0 N–H and O–H groups in total. The number of nitrogens with zero attached hydrogens (tertiary/aromatic N) is 1. The third kappa shape index (κ3) is 5.32. The Morgan fingerprint density at radius 2 is 1.65 bits per heavy atom. The summed E-state index contributed by atoms with van der Waals surface area (Å²) in [6.45, 7) is 1.75. The Kier molecular flexibility index (Phi) is 7.83. The molecule has 2 aromatic rings. The molecule has 3 rings (SSSR count). The second kappa shape index (κ2) is 10.8. The lowest BCUT2D eigenvalue weighted by atomic mass is 10.1. The molecule has 1 fully saturated rings. The molecule has 0 unspecified atom stereocenters. The quantitative estimate of drug-likeness (QED) is 0.604. The molecule has 1 aliphatic rings. The van der Waals surface area contributed by atoms with Crippen molar-refractivity contribution in [2.45, 2.75) is 12.5 Å². The van der Waals surface area contributed by atoms with E-state index in [4.69, 9.17) is 28.4 Å². The molecule has 1 saturated heterocycles. The highest BCUT2D eigenvalue weighted by atomic mass is 16.5. The zero-order chi connectivity index (χ0) is 22.2. The average molecular weight is 431 g/mol. The van der Waals surface area contributed by atoms with E-state index in [1.165, 1.54) is 0 Å². The second-order valence-corrected chi connectivity index (χ2v) is 6.96. The summed E-state index contributed by atoms with van der Waals surface area (Å²) >= 11 is 0. The minimum atomic E-state index is -0.227. The number of para-hydroxylation sites is 2. The first-order valence-electron chi connectivity index (χ1n) is 10.0. The van der Waals surface area contributed by atoms with Gasteiger partial charge in [0.2, 0.25) is 11.7 Å². The minimum Gasteiger partial charge on any atom is -0.493 e. The number of hydrogen-bond acceptors (Lipinski definition) is 7. The van der Waals surface area contributed by atoms with Gasteiger partial charge in [0.15, 0.2) is 23.0 Å².